The van der Waals surface area contributed by atoms with Gasteiger partial charge in [-0.2, -0.15) is 0 Å². The van der Waals surface area contributed by atoms with Gasteiger partial charge in [0.2, 0.25) is 0 Å². The first kappa shape index (κ1) is 16.5. The van der Waals surface area contributed by atoms with Crippen LogP contribution in [0.1, 0.15) is 72.1 Å². The van der Waals surface area contributed by atoms with E-state index in [-0.39, 0.29) is 0 Å². The van der Waals surface area contributed by atoms with Gasteiger partial charge in [-0.1, -0.05) is 55.0 Å². The molecule has 0 amide bonds. The van der Waals surface area contributed by atoms with Crippen LogP contribution in [0.15, 0.2) is 0 Å². The quantitative estimate of drug-likeness (QED) is 0.437. The Balaban J connectivity index is 2.51. The average molecular weight is 318 g/mol. The van der Waals surface area contributed by atoms with Crippen LogP contribution in [0.5, 0.6) is 0 Å². The second-order valence-corrected chi connectivity index (χ2v) is 7.03. The van der Waals surface area contributed by atoms with Gasteiger partial charge in [0.25, 0.3) is 0 Å². The van der Waals surface area contributed by atoms with Crippen LogP contribution in [0.25, 0.3) is 0 Å². The van der Waals surface area contributed by atoms with Crippen molar-refractivity contribution in [1.82, 2.24) is 4.90 Å². The van der Waals surface area contributed by atoms with E-state index in [4.69, 9.17) is 0 Å². The summed E-state index contributed by atoms with van der Waals surface area (Å²) in [6, 6.07) is 0.694. The van der Waals surface area contributed by atoms with Gasteiger partial charge in [0.05, 0.1) is 0 Å². The van der Waals surface area contributed by atoms with E-state index in [1.165, 1.54) is 69.8 Å². The van der Waals surface area contributed by atoms with Crippen LogP contribution in [-0.2, 0) is 0 Å². The zero-order valence-corrected chi connectivity index (χ0v) is 14.3. The highest BCUT2D eigenvalue weighted by atomic mass is 79.9. The predicted octanol–water partition coefficient (Wildman–Crippen LogP) is 5.23. The van der Waals surface area contributed by atoms with Gasteiger partial charge in [-0.15, -0.1) is 0 Å². The molecule has 2 heteroatoms. The zero-order valence-electron chi connectivity index (χ0n) is 12.7. The molecule has 0 radical (unpaired) electrons. The molecule has 0 unspecified atom stereocenters. The van der Waals surface area contributed by atoms with E-state index in [0.29, 0.717) is 11.5 Å². The number of hydrogen-bond donors (Lipinski definition) is 0. The molecule has 1 aliphatic rings. The van der Waals surface area contributed by atoms with Crippen molar-refractivity contribution in [2.75, 3.05) is 18.4 Å². The summed E-state index contributed by atoms with van der Waals surface area (Å²) < 4.78 is 0. The average Bonchev–Trinajstić information content (AvgIpc) is 2.39. The summed E-state index contributed by atoms with van der Waals surface area (Å²) in [4.78, 5) is 2.72. The Kier molecular flexibility index (Phi) is 7.86. The molecule has 0 saturated heterocycles. The largest absolute Gasteiger partial charge is 0.300 e. The summed E-state index contributed by atoms with van der Waals surface area (Å²) in [5, 5.41) is 1.19. The third-order valence-corrected chi connectivity index (χ3v) is 5.70. The Labute approximate surface area is 123 Å². The lowest BCUT2D eigenvalue weighted by atomic mass is 9.75. The molecule has 18 heavy (non-hydrogen) atoms. The van der Waals surface area contributed by atoms with E-state index < -0.39 is 0 Å². The lowest BCUT2D eigenvalue weighted by molar-refractivity contribution is 0.102. The van der Waals surface area contributed by atoms with Gasteiger partial charge in [-0.05, 0) is 45.1 Å². The Bertz CT molecular complexity index is 209. The van der Waals surface area contributed by atoms with Crippen molar-refractivity contribution in [2.45, 2.75) is 78.2 Å². The van der Waals surface area contributed by atoms with Crippen molar-refractivity contribution >= 4 is 15.9 Å². The molecule has 0 aromatic rings. The second-order valence-electron chi connectivity index (χ2n) is 6.47. The second kappa shape index (κ2) is 8.58. The standard InChI is InChI=1S/C16H32BrN/c1-4-5-9-12-18(15(2)3)14-16(13-17)10-7-6-8-11-16/h15H,4-14H2,1-3H3. The van der Waals surface area contributed by atoms with Gasteiger partial charge in [0.1, 0.15) is 0 Å². The number of halogens is 1. The van der Waals surface area contributed by atoms with Gasteiger partial charge in [0, 0.05) is 17.9 Å². The van der Waals surface area contributed by atoms with Crippen LogP contribution < -0.4 is 0 Å². The summed E-state index contributed by atoms with van der Waals surface area (Å²) in [5.41, 5.74) is 0.564. The summed E-state index contributed by atoms with van der Waals surface area (Å²) in [7, 11) is 0. The van der Waals surface area contributed by atoms with Crippen LogP contribution in [0, 0.1) is 5.41 Å². The Morgan fingerprint density at radius 3 is 2.28 bits per heavy atom. The number of alkyl halides is 1. The fourth-order valence-electron chi connectivity index (χ4n) is 3.15. The molecule has 0 atom stereocenters. The SMILES string of the molecule is CCCCCN(CC1(CBr)CCCCC1)C(C)C. The molecule has 0 bridgehead atoms. The normalized spacial score (nSPS) is 19.7. The molecule has 1 aliphatic carbocycles. The first-order chi connectivity index (χ1) is 8.63. The van der Waals surface area contributed by atoms with Crippen LogP contribution in [-0.4, -0.2) is 29.4 Å². The molecule has 0 N–H and O–H groups in total. The highest BCUT2D eigenvalue weighted by Crippen LogP contribution is 2.39. The minimum atomic E-state index is 0.564. The topological polar surface area (TPSA) is 3.24 Å². The fraction of sp³-hybridized carbons (Fsp3) is 1.00. The van der Waals surface area contributed by atoms with E-state index >= 15 is 0 Å². The highest BCUT2D eigenvalue weighted by molar-refractivity contribution is 9.09. The van der Waals surface area contributed by atoms with E-state index in [9.17, 15) is 0 Å². The van der Waals surface area contributed by atoms with E-state index in [1.807, 2.05) is 0 Å². The van der Waals surface area contributed by atoms with Crippen molar-refractivity contribution in [3.63, 3.8) is 0 Å². The molecule has 1 rings (SSSR count). The van der Waals surface area contributed by atoms with Crippen molar-refractivity contribution in [3.05, 3.63) is 0 Å². The number of unbranched alkanes of at least 4 members (excludes halogenated alkanes) is 2. The molecule has 1 saturated carbocycles. The molecule has 0 aromatic carbocycles. The molecule has 0 aromatic heterocycles. The Hall–Kier alpha value is 0.440. The van der Waals surface area contributed by atoms with Crippen molar-refractivity contribution in [3.8, 4) is 0 Å². The minimum Gasteiger partial charge on any atom is -0.300 e. The first-order valence-corrected chi connectivity index (χ1v) is 9.06. The van der Waals surface area contributed by atoms with Crippen molar-refractivity contribution < 1.29 is 0 Å². The van der Waals surface area contributed by atoms with Crippen molar-refractivity contribution in [1.29, 1.82) is 0 Å². The summed E-state index contributed by atoms with van der Waals surface area (Å²) >= 11 is 3.80. The van der Waals surface area contributed by atoms with E-state index in [1.54, 1.807) is 0 Å². The van der Waals surface area contributed by atoms with E-state index in [2.05, 4.69) is 41.6 Å². The maximum absolute atomic E-state index is 3.80. The van der Waals surface area contributed by atoms with Gasteiger partial charge < -0.3 is 4.90 Å². The smallest absolute Gasteiger partial charge is 0.0100 e. The van der Waals surface area contributed by atoms with Crippen LogP contribution >= 0.6 is 15.9 Å². The lowest BCUT2D eigenvalue weighted by Crippen LogP contribution is -2.44. The number of nitrogens with zero attached hydrogens (tertiary/aromatic N) is 1. The highest BCUT2D eigenvalue weighted by Gasteiger charge is 2.33. The number of hydrogen-bond acceptors (Lipinski definition) is 1. The monoisotopic (exact) mass is 317 g/mol. The van der Waals surface area contributed by atoms with Gasteiger partial charge in [-0.3, -0.25) is 0 Å². The van der Waals surface area contributed by atoms with Crippen LogP contribution in [0.3, 0.4) is 0 Å². The Morgan fingerprint density at radius 2 is 1.78 bits per heavy atom. The minimum absolute atomic E-state index is 0.564. The summed E-state index contributed by atoms with van der Waals surface area (Å²) in [5.74, 6) is 0. The molecular formula is C16H32BrN. The lowest BCUT2D eigenvalue weighted by Gasteiger charge is -2.41. The fourth-order valence-corrected chi connectivity index (χ4v) is 3.89. The van der Waals surface area contributed by atoms with Crippen molar-refractivity contribution in [2.24, 2.45) is 5.41 Å². The molecule has 0 aliphatic heterocycles. The summed E-state index contributed by atoms with van der Waals surface area (Å²) in [6.45, 7) is 9.61. The van der Waals surface area contributed by atoms with Crippen LogP contribution in [0.2, 0.25) is 0 Å². The predicted molar refractivity (Wildman–Crippen MR) is 85.5 cm³/mol. The van der Waals surface area contributed by atoms with Gasteiger partial charge >= 0.3 is 0 Å². The van der Waals surface area contributed by atoms with E-state index in [0.717, 1.165) is 0 Å². The maximum atomic E-state index is 3.80. The molecule has 108 valence electrons. The maximum Gasteiger partial charge on any atom is 0.0100 e. The Morgan fingerprint density at radius 1 is 1.11 bits per heavy atom. The molecule has 1 fully saturated rings. The molecule has 1 nitrogen and oxygen atoms in total. The third kappa shape index (κ3) is 5.21. The molecular weight excluding hydrogens is 286 g/mol. The first-order valence-electron chi connectivity index (χ1n) is 7.93. The van der Waals surface area contributed by atoms with Gasteiger partial charge in [-0.25, -0.2) is 0 Å². The molecule has 0 spiro atoms. The van der Waals surface area contributed by atoms with Gasteiger partial charge in [0.15, 0.2) is 0 Å². The third-order valence-electron chi connectivity index (χ3n) is 4.52. The number of rotatable bonds is 8. The van der Waals surface area contributed by atoms with Crippen LogP contribution in [0.4, 0.5) is 0 Å². The summed E-state index contributed by atoms with van der Waals surface area (Å²) in [6.07, 6.45) is 11.3. The zero-order chi connectivity index (χ0) is 13.4. The molecule has 0 heterocycles.